The molecule has 0 unspecified atom stereocenters. The summed E-state index contributed by atoms with van der Waals surface area (Å²) in [5.41, 5.74) is 1.64. The maximum absolute atomic E-state index is 13.5. The van der Waals surface area contributed by atoms with Crippen LogP contribution in [-0.4, -0.2) is 28.4 Å². The summed E-state index contributed by atoms with van der Waals surface area (Å²) in [5.74, 6) is 0.0173. The van der Waals surface area contributed by atoms with Crippen LogP contribution in [0.1, 0.15) is 5.56 Å². The molecule has 6 rings (SSSR count). The van der Waals surface area contributed by atoms with Crippen molar-refractivity contribution in [3.05, 3.63) is 121 Å². The summed E-state index contributed by atoms with van der Waals surface area (Å²) in [5, 5.41) is 8.77. The molecule has 0 saturated heterocycles. The predicted octanol–water partition coefficient (Wildman–Crippen LogP) is 8.03. The topological polar surface area (TPSA) is 98.7 Å². The van der Waals surface area contributed by atoms with Crippen LogP contribution in [0, 0.1) is 5.82 Å². The van der Waals surface area contributed by atoms with Crippen LogP contribution < -0.4 is 15.6 Å². The second-order valence-corrected chi connectivity index (χ2v) is 11.4. The van der Waals surface area contributed by atoms with Gasteiger partial charge in [-0.15, -0.1) is 0 Å². The molecule has 43 heavy (non-hydrogen) atoms. The number of benzene rings is 4. The quantitative estimate of drug-likeness (QED) is 0.168. The van der Waals surface area contributed by atoms with Crippen molar-refractivity contribution >= 4 is 83.1 Å². The zero-order chi connectivity index (χ0) is 30.1. The first-order chi connectivity index (χ1) is 20.7. The fourth-order valence-electron chi connectivity index (χ4n) is 4.33. The Morgan fingerprint density at radius 2 is 1.84 bits per heavy atom. The number of nitrogens with zero attached hydrogens (tertiary/aromatic N) is 3. The first-order valence-electron chi connectivity index (χ1n) is 12.7. The molecule has 0 aliphatic carbocycles. The first kappa shape index (κ1) is 28.8. The van der Waals surface area contributed by atoms with Gasteiger partial charge in [0.1, 0.15) is 17.1 Å². The number of fused-ring (bicyclic) bond motifs is 2. The van der Waals surface area contributed by atoms with Crippen molar-refractivity contribution in [3.8, 4) is 17.3 Å². The first-order valence-corrected chi connectivity index (χ1v) is 14.6. The van der Waals surface area contributed by atoms with E-state index in [1.165, 1.54) is 29.1 Å². The Balaban J connectivity index is 1.30. The van der Waals surface area contributed by atoms with Crippen LogP contribution in [0.15, 0.2) is 108 Å². The molecule has 2 aromatic heterocycles. The zero-order valence-corrected chi connectivity index (χ0v) is 25.8. The van der Waals surface area contributed by atoms with Gasteiger partial charge in [0.15, 0.2) is 12.4 Å². The van der Waals surface area contributed by atoms with Crippen LogP contribution in [0.4, 0.5) is 10.1 Å². The molecule has 8 nitrogen and oxygen atoms in total. The lowest BCUT2D eigenvalue weighted by Gasteiger charge is -2.12. The van der Waals surface area contributed by atoms with Crippen molar-refractivity contribution in [2.75, 3.05) is 11.9 Å². The summed E-state index contributed by atoms with van der Waals surface area (Å²) in [6.07, 6.45) is 1.50. The van der Waals surface area contributed by atoms with E-state index in [0.717, 1.165) is 5.39 Å². The maximum atomic E-state index is 13.5. The Kier molecular flexibility index (Phi) is 8.11. The number of halogens is 4. The lowest BCUT2D eigenvalue weighted by Crippen LogP contribution is -2.20. The lowest BCUT2D eigenvalue weighted by molar-refractivity contribution is -0.118. The van der Waals surface area contributed by atoms with Gasteiger partial charge in [-0.3, -0.25) is 9.59 Å². The SMILES string of the molecule is O=C(COc1c(Br)cc(C=Nn2c(-c3cc4cc(Cl)ccc4o3)nc3ccccc3c2=O)cc1Br)Nc1cccc(F)c1. The Morgan fingerprint density at radius 1 is 1.05 bits per heavy atom. The molecule has 2 heterocycles. The zero-order valence-electron chi connectivity index (χ0n) is 21.9. The van der Waals surface area contributed by atoms with Crippen molar-refractivity contribution in [2.24, 2.45) is 5.10 Å². The van der Waals surface area contributed by atoms with Gasteiger partial charge in [-0.25, -0.2) is 9.37 Å². The van der Waals surface area contributed by atoms with Crippen LogP contribution in [0.25, 0.3) is 33.5 Å². The highest BCUT2D eigenvalue weighted by molar-refractivity contribution is 9.11. The normalized spacial score (nSPS) is 11.4. The number of furan rings is 1. The molecule has 0 aliphatic heterocycles. The lowest BCUT2D eigenvalue weighted by atomic mass is 10.2. The van der Waals surface area contributed by atoms with Crippen LogP contribution >= 0.6 is 43.5 Å². The molecular formula is C31H18Br2ClFN4O4. The van der Waals surface area contributed by atoms with Crippen LogP contribution in [-0.2, 0) is 4.79 Å². The van der Waals surface area contributed by atoms with Crippen molar-refractivity contribution in [3.63, 3.8) is 0 Å². The molecular weight excluding hydrogens is 707 g/mol. The fraction of sp³-hybridized carbons (Fsp3) is 0.0323. The van der Waals surface area contributed by atoms with Gasteiger partial charge in [0.05, 0.1) is 26.1 Å². The highest BCUT2D eigenvalue weighted by Crippen LogP contribution is 2.35. The molecule has 1 N–H and O–H groups in total. The molecule has 0 fully saturated rings. The molecule has 0 spiro atoms. The average Bonchev–Trinajstić information content (AvgIpc) is 3.39. The largest absolute Gasteiger partial charge is 0.481 e. The maximum Gasteiger partial charge on any atom is 0.282 e. The van der Waals surface area contributed by atoms with E-state index in [1.54, 1.807) is 66.7 Å². The number of rotatable bonds is 7. The molecule has 0 saturated carbocycles. The second-order valence-electron chi connectivity index (χ2n) is 9.27. The van der Waals surface area contributed by atoms with Gasteiger partial charge >= 0.3 is 0 Å². The number of nitrogens with one attached hydrogen (secondary N) is 1. The fourth-order valence-corrected chi connectivity index (χ4v) is 5.96. The summed E-state index contributed by atoms with van der Waals surface area (Å²) in [4.78, 5) is 30.6. The van der Waals surface area contributed by atoms with E-state index < -0.39 is 11.7 Å². The van der Waals surface area contributed by atoms with E-state index in [1.807, 2.05) is 0 Å². The highest BCUT2D eigenvalue weighted by Gasteiger charge is 2.17. The monoisotopic (exact) mass is 722 g/mol. The Hall–Kier alpha value is -4.32. The van der Waals surface area contributed by atoms with Gasteiger partial charge in [-0.1, -0.05) is 29.8 Å². The van der Waals surface area contributed by atoms with E-state index in [4.69, 9.17) is 20.8 Å². The van der Waals surface area contributed by atoms with Gasteiger partial charge in [0, 0.05) is 16.1 Å². The van der Waals surface area contributed by atoms with Gasteiger partial charge in [-0.2, -0.15) is 9.78 Å². The second kappa shape index (κ2) is 12.1. The Bertz CT molecular complexity index is 2110. The predicted molar refractivity (Wildman–Crippen MR) is 172 cm³/mol. The van der Waals surface area contributed by atoms with Crippen molar-refractivity contribution in [1.29, 1.82) is 0 Å². The number of hydrogen-bond acceptors (Lipinski definition) is 6. The van der Waals surface area contributed by atoms with E-state index in [9.17, 15) is 14.0 Å². The van der Waals surface area contributed by atoms with Gasteiger partial charge in [0.25, 0.3) is 11.5 Å². The third-order valence-corrected chi connectivity index (χ3v) is 7.66. The van der Waals surface area contributed by atoms with E-state index >= 15 is 0 Å². The number of amides is 1. The molecule has 0 radical (unpaired) electrons. The number of carbonyl (C=O) groups is 1. The third-order valence-electron chi connectivity index (χ3n) is 6.25. The van der Waals surface area contributed by atoms with Gasteiger partial charge in [0.2, 0.25) is 5.82 Å². The molecule has 12 heteroatoms. The van der Waals surface area contributed by atoms with E-state index in [-0.39, 0.29) is 18.0 Å². The van der Waals surface area contributed by atoms with Crippen LogP contribution in [0.2, 0.25) is 5.02 Å². The number of hydrogen-bond donors (Lipinski definition) is 1. The smallest absolute Gasteiger partial charge is 0.282 e. The third kappa shape index (κ3) is 6.24. The summed E-state index contributed by atoms with van der Waals surface area (Å²) < 4.78 is 27.4. The minimum Gasteiger partial charge on any atom is -0.481 e. The molecule has 0 bridgehead atoms. The standard InChI is InChI=1S/C31H18Br2ClFN4O4/c32-23-10-17(11-24(33)29(23)42-16-28(40)37-21-5-3-4-20(35)14-21)15-36-39-30(38-25-7-2-1-6-22(25)31(39)41)27-13-18-12-19(34)8-9-26(18)43-27/h1-15H,16H2,(H,37,40). The van der Waals surface area contributed by atoms with Crippen LogP contribution in [0.3, 0.4) is 0 Å². The van der Waals surface area contributed by atoms with Crippen molar-refractivity contribution in [2.45, 2.75) is 0 Å². The highest BCUT2D eigenvalue weighted by atomic mass is 79.9. The van der Waals surface area contributed by atoms with Gasteiger partial charge in [-0.05, 0) is 104 Å². The molecule has 1 amide bonds. The number of anilines is 1. The van der Waals surface area contributed by atoms with Gasteiger partial charge < -0.3 is 14.5 Å². The van der Waals surface area contributed by atoms with Crippen molar-refractivity contribution in [1.82, 2.24) is 9.66 Å². The summed E-state index contributed by atoms with van der Waals surface area (Å²) in [6.45, 7) is -0.314. The number of ether oxygens (including phenoxy) is 1. The Labute approximate surface area is 265 Å². The van der Waals surface area contributed by atoms with Crippen molar-refractivity contribution < 1.29 is 18.3 Å². The molecule has 4 aromatic carbocycles. The number of aromatic nitrogens is 2. The minimum absolute atomic E-state index is 0.217. The summed E-state index contributed by atoms with van der Waals surface area (Å²) in [7, 11) is 0. The molecule has 0 atom stereocenters. The Morgan fingerprint density at radius 3 is 2.63 bits per heavy atom. The van der Waals surface area contributed by atoms with E-state index in [2.05, 4.69) is 47.3 Å². The number of carbonyl (C=O) groups excluding carboxylic acids is 1. The van der Waals surface area contributed by atoms with E-state index in [0.29, 0.717) is 53.2 Å². The molecule has 6 aromatic rings. The summed E-state index contributed by atoms with van der Waals surface area (Å²) in [6, 6.07) is 23.0. The average molecular weight is 725 g/mol. The molecule has 0 aliphatic rings. The van der Waals surface area contributed by atoms with Crippen LogP contribution in [0.5, 0.6) is 5.75 Å². The molecule has 214 valence electrons. The number of para-hydroxylation sites is 1. The minimum atomic E-state index is -0.460. The summed E-state index contributed by atoms with van der Waals surface area (Å²) >= 11 is 13.1.